The lowest BCUT2D eigenvalue weighted by Crippen LogP contribution is -2.50. The highest BCUT2D eigenvalue weighted by molar-refractivity contribution is 5.99. The summed E-state index contributed by atoms with van der Waals surface area (Å²) in [6, 6.07) is 7.81. The Kier molecular flexibility index (Phi) is 3.68. The molecule has 2 atom stereocenters. The second-order valence-corrected chi connectivity index (χ2v) is 7.14. The summed E-state index contributed by atoms with van der Waals surface area (Å²) in [5.41, 5.74) is 2.61. The van der Waals surface area contributed by atoms with E-state index in [1.54, 1.807) is 13.3 Å². The van der Waals surface area contributed by atoms with Crippen molar-refractivity contribution in [3.63, 3.8) is 0 Å². The van der Waals surface area contributed by atoms with Crippen LogP contribution in [0.2, 0.25) is 0 Å². The molecule has 4 heterocycles. The molecule has 0 spiro atoms. The number of rotatable bonds is 2. The first-order valence-corrected chi connectivity index (χ1v) is 9.09. The first-order valence-electron chi connectivity index (χ1n) is 9.09. The number of benzene rings is 1. The summed E-state index contributed by atoms with van der Waals surface area (Å²) in [5.74, 6) is 0.805. The number of hydrogen-bond acceptors (Lipinski definition) is 5. The van der Waals surface area contributed by atoms with Gasteiger partial charge in [0.1, 0.15) is 11.4 Å². The van der Waals surface area contributed by atoms with E-state index in [9.17, 15) is 4.79 Å². The van der Waals surface area contributed by atoms with E-state index in [-0.39, 0.29) is 18.1 Å². The number of aryl methyl sites for hydroxylation is 1. The molecular weight excluding hydrogens is 346 g/mol. The third-order valence-electron chi connectivity index (χ3n) is 5.69. The van der Waals surface area contributed by atoms with Crippen LogP contribution in [0.1, 0.15) is 28.6 Å². The number of carbonyl (C=O) groups excluding carboxylic acids is 1. The summed E-state index contributed by atoms with van der Waals surface area (Å²) in [6.07, 6.45) is 2.61. The van der Waals surface area contributed by atoms with Crippen molar-refractivity contribution in [2.24, 2.45) is 7.05 Å². The van der Waals surface area contributed by atoms with Gasteiger partial charge in [0.25, 0.3) is 5.91 Å². The zero-order chi connectivity index (χ0) is 18.5. The normalized spacial score (nSPS) is 21.8. The highest BCUT2D eigenvalue weighted by Crippen LogP contribution is 2.31. The number of aromatic nitrogens is 4. The molecule has 1 aromatic carbocycles. The molecule has 3 aromatic rings. The Labute approximate surface area is 156 Å². The third-order valence-corrected chi connectivity index (χ3v) is 5.69. The molecule has 2 aliphatic rings. The van der Waals surface area contributed by atoms with Crippen molar-refractivity contribution in [3.8, 4) is 5.75 Å². The molecule has 0 aliphatic carbocycles. The molecule has 2 aliphatic heterocycles. The van der Waals surface area contributed by atoms with Crippen LogP contribution in [-0.4, -0.2) is 56.7 Å². The van der Waals surface area contributed by atoms with E-state index in [0.717, 1.165) is 28.8 Å². The van der Waals surface area contributed by atoms with Gasteiger partial charge in [0, 0.05) is 31.6 Å². The van der Waals surface area contributed by atoms with Crippen molar-refractivity contribution < 1.29 is 14.3 Å². The maximum atomic E-state index is 13.3. The SMILES string of the molecule is COc1ccc2cc(C(=O)N3CC[C@@H]4OCc5cnnn5[C@@H]4C3)n(C)c2c1. The summed E-state index contributed by atoms with van der Waals surface area (Å²) in [6.45, 7) is 1.78. The largest absolute Gasteiger partial charge is 0.497 e. The van der Waals surface area contributed by atoms with Gasteiger partial charge < -0.3 is 18.9 Å². The quantitative estimate of drug-likeness (QED) is 0.690. The Morgan fingerprint density at radius 2 is 2.22 bits per heavy atom. The highest BCUT2D eigenvalue weighted by Gasteiger charge is 2.38. The summed E-state index contributed by atoms with van der Waals surface area (Å²) in [4.78, 5) is 15.2. The van der Waals surface area contributed by atoms with Gasteiger partial charge in [-0.15, -0.1) is 5.10 Å². The smallest absolute Gasteiger partial charge is 0.270 e. The molecule has 8 nitrogen and oxygen atoms in total. The van der Waals surface area contributed by atoms with E-state index in [2.05, 4.69) is 10.3 Å². The first kappa shape index (κ1) is 16.3. The van der Waals surface area contributed by atoms with Gasteiger partial charge in [0.2, 0.25) is 0 Å². The van der Waals surface area contributed by atoms with Crippen molar-refractivity contribution in [2.45, 2.75) is 25.2 Å². The fourth-order valence-corrected chi connectivity index (χ4v) is 4.17. The van der Waals surface area contributed by atoms with E-state index < -0.39 is 0 Å². The number of carbonyl (C=O) groups is 1. The molecular formula is C19H21N5O3. The number of piperidine rings is 1. The summed E-state index contributed by atoms with van der Waals surface area (Å²) in [7, 11) is 3.56. The zero-order valence-corrected chi connectivity index (χ0v) is 15.3. The minimum atomic E-state index is 0.0173. The summed E-state index contributed by atoms with van der Waals surface area (Å²) >= 11 is 0. The van der Waals surface area contributed by atoms with Crippen LogP contribution >= 0.6 is 0 Å². The molecule has 0 N–H and O–H groups in total. The van der Waals surface area contributed by atoms with Crippen LogP contribution in [-0.2, 0) is 18.4 Å². The lowest BCUT2D eigenvalue weighted by molar-refractivity contribution is -0.0606. The Morgan fingerprint density at radius 3 is 3.07 bits per heavy atom. The van der Waals surface area contributed by atoms with Gasteiger partial charge in [0.05, 0.1) is 43.3 Å². The molecule has 1 saturated heterocycles. The van der Waals surface area contributed by atoms with Crippen LogP contribution in [0.3, 0.4) is 0 Å². The molecule has 0 unspecified atom stereocenters. The number of methoxy groups -OCH3 is 1. The molecule has 27 heavy (non-hydrogen) atoms. The average Bonchev–Trinajstić information content (AvgIpc) is 3.31. The number of ether oxygens (including phenoxy) is 2. The van der Waals surface area contributed by atoms with E-state index in [4.69, 9.17) is 9.47 Å². The monoisotopic (exact) mass is 367 g/mol. The topological polar surface area (TPSA) is 74.4 Å². The zero-order valence-electron chi connectivity index (χ0n) is 15.3. The molecule has 0 radical (unpaired) electrons. The average molecular weight is 367 g/mol. The second kappa shape index (κ2) is 6.09. The maximum Gasteiger partial charge on any atom is 0.270 e. The molecule has 1 amide bonds. The van der Waals surface area contributed by atoms with Gasteiger partial charge >= 0.3 is 0 Å². The van der Waals surface area contributed by atoms with Gasteiger partial charge in [0.15, 0.2) is 0 Å². The predicted octanol–water partition coefficient (Wildman–Crippen LogP) is 1.76. The molecule has 140 valence electrons. The van der Waals surface area contributed by atoms with E-state index in [1.807, 2.05) is 45.5 Å². The summed E-state index contributed by atoms with van der Waals surface area (Å²) in [5, 5.41) is 9.23. The van der Waals surface area contributed by atoms with E-state index >= 15 is 0 Å². The van der Waals surface area contributed by atoms with Crippen molar-refractivity contribution in [3.05, 3.63) is 41.9 Å². The number of nitrogens with zero attached hydrogens (tertiary/aromatic N) is 5. The molecule has 2 aromatic heterocycles. The van der Waals surface area contributed by atoms with Gasteiger partial charge in [-0.1, -0.05) is 5.21 Å². The van der Waals surface area contributed by atoms with Gasteiger partial charge in [-0.05, 0) is 24.6 Å². The third kappa shape index (κ3) is 2.51. The van der Waals surface area contributed by atoms with Crippen LogP contribution < -0.4 is 4.74 Å². The van der Waals surface area contributed by atoms with Gasteiger partial charge in [-0.25, -0.2) is 4.68 Å². The predicted molar refractivity (Wildman–Crippen MR) is 97.6 cm³/mol. The van der Waals surface area contributed by atoms with E-state index in [1.165, 1.54) is 0 Å². The number of amides is 1. The lowest BCUT2D eigenvalue weighted by atomic mass is 10.00. The van der Waals surface area contributed by atoms with Crippen molar-refractivity contribution >= 4 is 16.8 Å². The highest BCUT2D eigenvalue weighted by atomic mass is 16.5. The number of fused-ring (bicyclic) bond motifs is 4. The fourth-order valence-electron chi connectivity index (χ4n) is 4.17. The van der Waals surface area contributed by atoms with Crippen molar-refractivity contribution in [2.75, 3.05) is 20.2 Å². The Balaban J connectivity index is 1.45. The van der Waals surface area contributed by atoms with Crippen LogP contribution in [0.4, 0.5) is 0 Å². The van der Waals surface area contributed by atoms with Crippen molar-refractivity contribution in [1.82, 2.24) is 24.5 Å². The Bertz CT molecular complexity index is 1020. The van der Waals surface area contributed by atoms with Crippen LogP contribution in [0, 0.1) is 0 Å². The van der Waals surface area contributed by atoms with Gasteiger partial charge in [-0.3, -0.25) is 4.79 Å². The molecule has 1 fully saturated rings. The van der Waals surface area contributed by atoms with Crippen LogP contribution in [0.25, 0.3) is 10.9 Å². The second-order valence-electron chi connectivity index (χ2n) is 7.14. The lowest BCUT2D eigenvalue weighted by Gasteiger charge is -2.41. The van der Waals surface area contributed by atoms with Crippen LogP contribution in [0.5, 0.6) is 5.75 Å². The molecule has 8 heteroatoms. The maximum absolute atomic E-state index is 13.3. The summed E-state index contributed by atoms with van der Waals surface area (Å²) < 4.78 is 15.1. The fraction of sp³-hybridized carbons (Fsp3) is 0.421. The Hall–Kier alpha value is -2.87. The minimum Gasteiger partial charge on any atom is -0.497 e. The standard InChI is InChI=1S/C19H21N5O3/c1-22-15-8-14(26-2)4-3-12(15)7-16(22)19(25)23-6-5-18-17(10-23)24-13(11-27-18)9-20-21-24/h3-4,7-9,17-18H,5-6,10-11H2,1-2H3/t17-,18+/m1/s1. The molecule has 5 rings (SSSR count). The number of likely N-dealkylation sites (tertiary alicyclic amines) is 1. The first-order chi connectivity index (χ1) is 13.2. The molecule has 0 saturated carbocycles. The Morgan fingerprint density at radius 1 is 1.33 bits per heavy atom. The van der Waals surface area contributed by atoms with E-state index in [0.29, 0.717) is 25.4 Å². The van der Waals surface area contributed by atoms with Crippen LogP contribution in [0.15, 0.2) is 30.5 Å². The molecule has 0 bridgehead atoms. The van der Waals surface area contributed by atoms with Gasteiger partial charge in [-0.2, -0.15) is 0 Å². The minimum absolute atomic E-state index is 0.0173. The number of hydrogen-bond donors (Lipinski definition) is 0. The van der Waals surface area contributed by atoms with Crippen molar-refractivity contribution in [1.29, 1.82) is 0 Å².